The van der Waals surface area contributed by atoms with E-state index in [2.05, 4.69) is 41.2 Å². The molecule has 3 aromatic rings. The number of rotatable bonds is 7. The first-order chi connectivity index (χ1) is 13.0. The van der Waals surface area contributed by atoms with Gasteiger partial charge in [-0.2, -0.15) is 0 Å². The van der Waals surface area contributed by atoms with Crippen LogP contribution in [0, 0.1) is 0 Å². The Morgan fingerprint density at radius 1 is 1.11 bits per heavy atom. The molecule has 0 spiro atoms. The fraction of sp³-hybridized carbons (Fsp3) is 0.333. The van der Waals surface area contributed by atoms with Crippen molar-refractivity contribution in [3.05, 3.63) is 69.6 Å². The van der Waals surface area contributed by atoms with Gasteiger partial charge >= 0.3 is 5.69 Å². The number of amides is 1. The van der Waals surface area contributed by atoms with Gasteiger partial charge in [0, 0.05) is 25.7 Å². The van der Waals surface area contributed by atoms with Crippen molar-refractivity contribution < 1.29 is 4.79 Å². The molecule has 6 heteroatoms. The molecule has 1 amide bonds. The maximum Gasteiger partial charge on any atom is 0.326 e. The van der Waals surface area contributed by atoms with E-state index in [1.165, 1.54) is 10.1 Å². The number of fused-ring (bicyclic) bond motifs is 1. The SMILES string of the molecule is CCN(CC)Cc1ccccc1CNC(=O)c1ccc2[nH]c(=O)n(C)c2c1. The van der Waals surface area contributed by atoms with Gasteiger partial charge in [0.15, 0.2) is 0 Å². The van der Waals surface area contributed by atoms with Gasteiger partial charge in [0.05, 0.1) is 11.0 Å². The summed E-state index contributed by atoms with van der Waals surface area (Å²) in [4.78, 5) is 29.4. The van der Waals surface area contributed by atoms with Crippen molar-refractivity contribution in [1.29, 1.82) is 0 Å². The van der Waals surface area contributed by atoms with Crippen LogP contribution < -0.4 is 11.0 Å². The lowest BCUT2D eigenvalue weighted by Gasteiger charge is -2.20. The van der Waals surface area contributed by atoms with Crippen LogP contribution in [0.4, 0.5) is 0 Å². The number of aromatic nitrogens is 2. The number of nitrogens with one attached hydrogen (secondary N) is 2. The Kier molecular flexibility index (Phi) is 5.76. The summed E-state index contributed by atoms with van der Waals surface area (Å²) < 4.78 is 1.51. The highest BCUT2D eigenvalue weighted by Gasteiger charge is 2.11. The quantitative estimate of drug-likeness (QED) is 0.675. The van der Waals surface area contributed by atoms with Crippen molar-refractivity contribution in [3.63, 3.8) is 0 Å². The molecule has 0 saturated heterocycles. The normalized spacial score (nSPS) is 11.3. The van der Waals surface area contributed by atoms with E-state index < -0.39 is 0 Å². The topological polar surface area (TPSA) is 70.1 Å². The van der Waals surface area contributed by atoms with Crippen LogP contribution in [-0.4, -0.2) is 33.4 Å². The second-order valence-electron chi connectivity index (χ2n) is 6.63. The van der Waals surface area contributed by atoms with Crippen molar-refractivity contribution in [1.82, 2.24) is 19.8 Å². The van der Waals surface area contributed by atoms with Crippen LogP contribution >= 0.6 is 0 Å². The Balaban J connectivity index is 1.74. The largest absolute Gasteiger partial charge is 0.348 e. The van der Waals surface area contributed by atoms with Gasteiger partial charge in [0.1, 0.15) is 0 Å². The first-order valence-electron chi connectivity index (χ1n) is 9.29. The number of imidazole rings is 1. The second-order valence-corrected chi connectivity index (χ2v) is 6.63. The molecule has 0 radical (unpaired) electrons. The summed E-state index contributed by atoms with van der Waals surface area (Å²) in [6.07, 6.45) is 0. The van der Waals surface area contributed by atoms with Crippen LogP contribution in [0.1, 0.15) is 35.3 Å². The number of carbonyl (C=O) groups is 1. The average Bonchev–Trinajstić information content (AvgIpc) is 2.98. The molecule has 0 atom stereocenters. The summed E-state index contributed by atoms with van der Waals surface area (Å²) in [6.45, 7) is 7.63. The zero-order valence-electron chi connectivity index (χ0n) is 16.1. The van der Waals surface area contributed by atoms with Crippen molar-refractivity contribution in [2.75, 3.05) is 13.1 Å². The third kappa shape index (κ3) is 4.11. The minimum atomic E-state index is -0.187. The molecular weight excluding hydrogens is 340 g/mol. The number of H-pyrrole nitrogens is 1. The fourth-order valence-corrected chi connectivity index (χ4v) is 3.21. The van der Waals surface area contributed by atoms with Crippen LogP contribution in [0.2, 0.25) is 0 Å². The van der Waals surface area contributed by atoms with Gasteiger partial charge in [-0.05, 0) is 42.4 Å². The lowest BCUT2D eigenvalue weighted by Crippen LogP contribution is -2.26. The highest BCUT2D eigenvalue weighted by Crippen LogP contribution is 2.14. The van der Waals surface area contributed by atoms with Crippen molar-refractivity contribution in [3.8, 4) is 0 Å². The predicted octanol–water partition coefficient (Wildman–Crippen LogP) is 2.64. The Morgan fingerprint density at radius 2 is 1.81 bits per heavy atom. The molecule has 27 heavy (non-hydrogen) atoms. The predicted molar refractivity (Wildman–Crippen MR) is 108 cm³/mol. The molecule has 0 aliphatic heterocycles. The smallest absolute Gasteiger partial charge is 0.326 e. The number of carbonyl (C=O) groups excluding carboxylic acids is 1. The molecule has 0 bridgehead atoms. The first-order valence-corrected chi connectivity index (χ1v) is 9.29. The molecule has 3 rings (SSSR count). The summed E-state index contributed by atoms with van der Waals surface area (Å²) in [5.74, 6) is -0.150. The van der Waals surface area contributed by atoms with Gasteiger partial charge in [0.2, 0.25) is 0 Å². The summed E-state index contributed by atoms with van der Waals surface area (Å²) in [6, 6.07) is 13.4. The standard InChI is InChI=1S/C21H26N4O2/c1-4-25(5-2)14-17-9-7-6-8-16(17)13-22-20(26)15-10-11-18-19(12-15)24(3)21(27)23-18/h6-12H,4-5,13-14H2,1-3H3,(H,22,26)(H,23,27). The summed E-state index contributed by atoms with van der Waals surface area (Å²) in [5.41, 5.74) is 4.14. The molecule has 2 N–H and O–H groups in total. The van der Waals surface area contributed by atoms with Crippen LogP contribution in [0.25, 0.3) is 11.0 Å². The highest BCUT2D eigenvalue weighted by atomic mass is 16.2. The molecule has 2 aromatic carbocycles. The van der Waals surface area contributed by atoms with E-state index in [0.717, 1.165) is 36.2 Å². The Hall–Kier alpha value is -2.86. The first kappa shape index (κ1) is 18.9. The lowest BCUT2D eigenvalue weighted by molar-refractivity contribution is 0.0951. The van der Waals surface area contributed by atoms with Gasteiger partial charge in [-0.15, -0.1) is 0 Å². The maximum absolute atomic E-state index is 12.6. The van der Waals surface area contributed by atoms with E-state index in [-0.39, 0.29) is 11.6 Å². The van der Waals surface area contributed by atoms with E-state index in [9.17, 15) is 9.59 Å². The molecule has 142 valence electrons. The number of hydrogen-bond acceptors (Lipinski definition) is 3. The molecule has 1 aromatic heterocycles. The molecule has 1 heterocycles. The Labute approximate surface area is 158 Å². The third-order valence-corrected chi connectivity index (χ3v) is 5.01. The second kappa shape index (κ2) is 8.22. The maximum atomic E-state index is 12.6. The zero-order chi connectivity index (χ0) is 19.4. The van der Waals surface area contributed by atoms with Crippen LogP contribution in [0.5, 0.6) is 0 Å². The highest BCUT2D eigenvalue weighted by molar-refractivity contribution is 5.97. The summed E-state index contributed by atoms with van der Waals surface area (Å²) >= 11 is 0. The molecule has 0 saturated carbocycles. The minimum Gasteiger partial charge on any atom is -0.348 e. The van der Waals surface area contributed by atoms with Gasteiger partial charge in [-0.3, -0.25) is 14.3 Å². The number of aromatic amines is 1. The zero-order valence-corrected chi connectivity index (χ0v) is 16.1. The van der Waals surface area contributed by atoms with Gasteiger partial charge < -0.3 is 10.3 Å². The van der Waals surface area contributed by atoms with Crippen molar-refractivity contribution in [2.45, 2.75) is 26.9 Å². The van der Waals surface area contributed by atoms with E-state index in [1.54, 1.807) is 25.2 Å². The number of nitrogens with zero attached hydrogens (tertiary/aromatic N) is 2. The van der Waals surface area contributed by atoms with Gasteiger partial charge in [-0.25, -0.2) is 4.79 Å². The van der Waals surface area contributed by atoms with Crippen molar-refractivity contribution >= 4 is 16.9 Å². The van der Waals surface area contributed by atoms with Crippen LogP contribution in [-0.2, 0) is 20.1 Å². The lowest BCUT2D eigenvalue weighted by atomic mass is 10.1. The van der Waals surface area contributed by atoms with Gasteiger partial charge in [0.25, 0.3) is 5.91 Å². The molecule has 0 unspecified atom stereocenters. The van der Waals surface area contributed by atoms with E-state index >= 15 is 0 Å². The molecule has 0 aliphatic carbocycles. The Morgan fingerprint density at radius 3 is 2.52 bits per heavy atom. The van der Waals surface area contributed by atoms with Crippen molar-refractivity contribution in [2.24, 2.45) is 7.05 Å². The van der Waals surface area contributed by atoms with E-state index in [1.807, 2.05) is 12.1 Å². The molecule has 0 fully saturated rings. The summed E-state index contributed by atoms with van der Waals surface area (Å²) in [5, 5.41) is 3.00. The van der Waals surface area contributed by atoms with Gasteiger partial charge in [-0.1, -0.05) is 38.1 Å². The monoisotopic (exact) mass is 366 g/mol. The number of hydrogen-bond donors (Lipinski definition) is 2. The molecular formula is C21H26N4O2. The molecule has 6 nitrogen and oxygen atoms in total. The third-order valence-electron chi connectivity index (χ3n) is 5.01. The number of aryl methyl sites for hydroxylation is 1. The van der Waals surface area contributed by atoms with E-state index in [4.69, 9.17) is 0 Å². The molecule has 0 aliphatic rings. The summed E-state index contributed by atoms with van der Waals surface area (Å²) in [7, 11) is 1.69. The van der Waals surface area contributed by atoms with E-state index in [0.29, 0.717) is 12.1 Å². The van der Waals surface area contributed by atoms with Crippen LogP contribution in [0.3, 0.4) is 0 Å². The van der Waals surface area contributed by atoms with Crippen LogP contribution in [0.15, 0.2) is 47.3 Å². The average molecular weight is 366 g/mol. The Bertz CT molecular complexity index is 999. The minimum absolute atomic E-state index is 0.150. The number of benzene rings is 2. The fourth-order valence-electron chi connectivity index (χ4n) is 3.21.